The highest BCUT2D eigenvalue weighted by molar-refractivity contribution is 5.61. The van der Waals surface area contributed by atoms with E-state index in [1.54, 1.807) is 0 Å². The van der Waals surface area contributed by atoms with Crippen LogP contribution in [-0.2, 0) is 13.0 Å². The summed E-state index contributed by atoms with van der Waals surface area (Å²) in [6.45, 7) is 8.14. The first-order valence-corrected chi connectivity index (χ1v) is 8.13. The quantitative estimate of drug-likeness (QED) is 0.863. The SMILES string of the molecule is CC(CN1CCCCC1)NCc1cccc2c1NCC2. The number of rotatable bonds is 5. The van der Waals surface area contributed by atoms with Gasteiger partial charge in [0.25, 0.3) is 0 Å². The average molecular weight is 273 g/mol. The number of benzene rings is 1. The van der Waals surface area contributed by atoms with Crippen molar-refractivity contribution in [1.82, 2.24) is 10.2 Å². The van der Waals surface area contributed by atoms with E-state index in [9.17, 15) is 0 Å². The average Bonchev–Trinajstić information content (AvgIpc) is 2.95. The fourth-order valence-electron chi connectivity index (χ4n) is 3.44. The van der Waals surface area contributed by atoms with Crippen LogP contribution in [0.4, 0.5) is 5.69 Å². The van der Waals surface area contributed by atoms with Gasteiger partial charge in [0.2, 0.25) is 0 Å². The van der Waals surface area contributed by atoms with E-state index in [2.05, 4.69) is 40.7 Å². The number of para-hydroxylation sites is 1. The van der Waals surface area contributed by atoms with Gasteiger partial charge in [-0.2, -0.15) is 0 Å². The van der Waals surface area contributed by atoms with Gasteiger partial charge in [-0.1, -0.05) is 24.6 Å². The molecule has 1 unspecified atom stereocenters. The highest BCUT2D eigenvalue weighted by Crippen LogP contribution is 2.26. The number of hydrogen-bond acceptors (Lipinski definition) is 3. The molecule has 2 aliphatic heterocycles. The predicted molar refractivity (Wildman–Crippen MR) is 85.2 cm³/mol. The van der Waals surface area contributed by atoms with Crippen molar-refractivity contribution < 1.29 is 0 Å². The zero-order valence-corrected chi connectivity index (χ0v) is 12.6. The lowest BCUT2D eigenvalue weighted by molar-refractivity contribution is 0.209. The number of likely N-dealkylation sites (tertiary alicyclic amines) is 1. The molecule has 0 bridgehead atoms. The first-order valence-electron chi connectivity index (χ1n) is 8.13. The van der Waals surface area contributed by atoms with E-state index >= 15 is 0 Å². The Morgan fingerprint density at radius 2 is 2.10 bits per heavy atom. The second kappa shape index (κ2) is 6.59. The van der Waals surface area contributed by atoms with E-state index in [1.807, 2.05) is 0 Å². The second-order valence-electron chi connectivity index (χ2n) is 6.27. The molecule has 1 aromatic rings. The fraction of sp³-hybridized carbons (Fsp3) is 0.647. The lowest BCUT2D eigenvalue weighted by atomic mass is 10.1. The lowest BCUT2D eigenvalue weighted by Gasteiger charge is -2.29. The molecule has 2 N–H and O–H groups in total. The number of piperidine rings is 1. The topological polar surface area (TPSA) is 27.3 Å². The molecule has 20 heavy (non-hydrogen) atoms. The van der Waals surface area contributed by atoms with E-state index in [0.717, 1.165) is 13.1 Å². The number of nitrogens with zero attached hydrogens (tertiary/aromatic N) is 1. The first-order chi connectivity index (χ1) is 9.83. The van der Waals surface area contributed by atoms with Crippen molar-refractivity contribution in [2.24, 2.45) is 0 Å². The van der Waals surface area contributed by atoms with Gasteiger partial charge in [-0.25, -0.2) is 0 Å². The Hall–Kier alpha value is -1.06. The lowest BCUT2D eigenvalue weighted by Crippen LogP contribution is -2.41. The van der Waals surface area contributed by atoms with Crippen LogP contribution in [0.2, 0.25) is 0 Å². The highest BCUT2D eigenvalue weighted by Gasteiger charge is 2.15. The minimum atomic E-state index is 0.561. The predicted octanol–water partition coefficient (Wildman–Crippen LogP) is 2.62. The van der Waals surface area contributed by atoms with Crippen molar-refractivity contribution >= 4 is 5.69 Å². The molecule has 0 saturated carbocycles. The molecule has 1 aromatic carbocycles. The molecular formula is C17H27N3. The highest BCUT2D eigenvalue weighted by atomic mass is 15.1. The largest absolute Gasteiger partial charge is 0.384 e. The van der Waals surface area contributed by atoms with E-state index in [4.69, 9.17) is 0 Å². The molecule has 0 amide bonds. The van der Waals surface area contributed by atoms with Crippen LogP contribution in [0.3, 0.4) is 0 Å². The van der Waals surface area contributed by atoms with Crippen LogP contribution in [0.25, 0.3) is 0 Å². The van der Waals surface area contributed by atoms with E-state index in [-0.39, 0.29) is 0 Å². The van der Waals surface area contributed by atoms with E-state index in [0.29, 0.717) is 6.04 Å². The van der Waals surface area contributed by atoms with Crippen LogP contribution in [0.1, 0.15) is 37.3 Å². The van der Waals surface area contributed by atoms with Crippen molar-refractivity contribution in [3.8, 4) is 0 Å². The summed E-state index contributed by atoms with van der Waals surface area (Å²) < 4.78 is 0. The maximum atomic E-state index is 3.69. The Morgan fingerprint density at radius 1 is 1.25 bits per heavy atom. The Balaban J connectivity index is 1.50. The molecule has 1 fully saturated rings. The molecule has 3 nitrogen and oxygen atoms in total. The maximum absolute atomic E-state index is 3.69. The van der Waals surface area contributed by atoms with Crippen LogP contribution in [0.15, 0.2) is 18.2 Å². The van der Waals surface area contributed by atoms with Crippen LogP contribution < -0.4 is 10.6 Å². The van der Waals surface area contributed by atoms with Gasteiger partial charge in [0, 0.05) is 31.4 Å². The molecule has 2 heterocycles. The molecule has 2 aliphatic rings. The third-order valence-corrected chi connectivity index (χ3v) is 4.55. The van der Waals surface area contributed by atoms with Gasteiger partial charge >= 0.3 is 0 Å². The molecule has 0 aromatic heterocycles. The fourth-order valence-corrected chi connectivity index (χ4v) is 3.44. The van der Waals surface area contributed by atoms with Crippen LogP contribution in [0, 0.1) is 0 Å². The second-order valence-corrected chi connectivity index (χ2v) is 6.27. The van der Waals surface area contributed by atoms with Gasteiger partial charge < -0.3 is 15.5 Å². The van der Waals surface area contributed by atoms with E-state index in [1.165, 1.54) is 62.1 Å². The molecule has 0 radical (unpaired) electrons. The van der Waals surface area contributed by atoms with Gasteiger partial charge in [0.05, 0.1) is 0 Å². The number of fused-ring (bicyclic) bond motifs is 1. The molecule has 1 atom stereocenters. The summed E-state index contributed by atoms with van der Waals surface area (Å²) in [5, 5.41) is 7.22. The first kappa shape index (κ1) is 13.9. The normalized spacial score (nSPS) is 20.4. The number of nitrogens with one attached hydrogen (secondary N) is 2. The molecule has 3 heteroatoms. The molecule has 0 aliphatic carbocycles. The summed E-state index contributed by atoms with van der Waals surface area (Å²) in [5.41, 5.74) is 4.28. The summed E-state index contributed by atoms with van der Waals surface area (Å²) in [6, 6.07) is 7.25. The van der Waals surface area contributed by atoms with Gasteiger partial charge in [-0.3, -0.25) is 0 Å². The monoisotopic (exact) mass is 273 g/mol. The Kier molecular flexibility index (Phi) is 4.58. The van der Waals surface area contributed by atoms with Crippen LogP contribution >= 0.6 is 0 Å². The van der Waals surface area contributed by atoms with Gasteiger partial charge in [-0.15, -0.1) is 0 Å². The van der Waals surface area contributed by atoms with Crippen molar-refractivity contribution in [3.05, 3.63) is 29.3 Å². The Bertz CT molecular complexity index is 438. The molecule has 0 spiro atoms. The summed E-state index contributed by atoms with van der Waals surface area (Å²) in [5.74, 6) is 0. The van der Waals surface area contributed by atoms with Gasteiger partial charge in [-0.05, 0) is 50.4 Å². The summed E-state index contributed by atoms with van der Waals surface area (Å²) in [7, 11) is 0. The standard InChI is InChI=1S/C17H27N3/c1-14(13-20-10-3-2-4-11-20)19-12-16-7-5-6-15-8-9-18-17(15)16/h5-7,14,18-19H,2-4,8-13H2,1H3. The third kappa shape index (κ3) is 3.33. The van der Waals surface area contributed by atoms with Crippen LogP contribution in [-0.4, -0.2) is 37.1 Å². The third-order valence-electron chi connectivity index (χ3n) is 4.55. The van der Waals surface area contributed by atoms with Crippen molar-refractivity contribution in [2.45, 2.75) is 45.2 Å². The molecule has 110 valence electrons. The molecule has 1 saturated heterocycles. The zero-order chi connectivity index (χ0) is 13.8. The summed E-state index contributed by atoms with van der Waals surface area (Å²) in [6.07, 6.45) is 5.35. The van der Waals surface area contributed by atoms with Gasteiger partial charge in [0.15, 0.2) is 0 Å². The van der Waals surface area contributed by atoms with Crippen LogP contribution in [0.5, 0.6) is 0 Å². The Morgan fingerprint density at radius 3 is 2.95 bits per heavy atom. The van der Waals surface area contributed by atoms with Crippen molar-refractivity contribution in [2.75, 3.05) is 31.5 Å². The Labute approximate surface area is 122 Å². The number of anilines is 1. The minimum Gasteiger partial charge on any atom is -0.384 e. The maximum Gasteiger partial charge on any atom is 0.0419 e. The zero-order valence-electron chi connectivity index (χ0n) is 12.6. The van der Waals surface area contributed by atoms with E-state index < -0.39 is 0 Å². The van der Waals surface area contributed by atoms with Crippen molar-refractivity contribution in [3.63, 3.8) is 0 Å². The minimum absolute atomic E-state index is 0.561. The molecule has 3 rings (SSSR count). The molecular weight excluding hydrogens is 246 g/mol. The smallest absolute Gasteiger partial charge is 0.0419 e. The summed E-state index contributed by atoms with van der Waals surface area (Å²) >= 11 is 0. The number of hydrogen-bond donors (Lipinski definition) is 2. The summed E-state index contributed by atoms with van der Waals surface area (Å²) in [4.78, 5) is 2.61. The van der Waals surface area contributed by atoms with Gasteiger partial charge in [0.1, 0.15) is 0 Å². The van der Waals surface area contributed by atoms with Crippen molar-refractivity contribution in [1.29, 1.82) is 0 Å².